The zero-order chi connectivity index (χ0) is 15.1. The molecule has 1 aliphatic carbocycles. The molecule has 0 radical (unpaired) electrons. The highest BCUT2D eigenvalue weighted by Crippen LogP contribution is 2.28. The highest BCUT2D eigenvalue weighted by Gasteiger charge is 2.16. The Morgan fingerprint density at radius 2 is 2.14 bits per heavy atom. The predicted molar refractivity (Wildman–Crippen MR) is 80.2 cm³/mol. The van der Waals surface area contributed by atoms with Crippen LogP contribution in [0.15, 0.2) is 18.2 Å². The fourth-order valence-corrected chi connectivity index (χ4v) is 2.69. The number of halogens is 1. The lowest BCUT2D eigenvalue weighted by molar-refractivity contribution is -0.116. The molecule has 0 atom stereocenters. The third-order valence-corrected chi connectivity index (χ3v) is 3.81. The van der Waals surface area contributed by atoms with Crippen LogP contribution >= 0.6 is 0 Å². The summed E-state index contributed by atoms with van der Waals surface area (Å²) < 4.78 is 13.7. The second-order valence-corrected chi connectivity index (χ2v) is 5.39. The summed E-state index contributed by atoms with van der Waals surface area (Å²) in [5.41, 5.74) is 0.659. The normalized spacial score (nSPS) is 14.6. The summed E-state index contributed by atoms with van der Waals surface area (Å²) in [5, 5.41) is 11.3. The second kappa shape index (κ2) is 7.80. The minimum atomic E-state index is -0.496. The van der Waals surface area contributed by atoms with E-state index in [1.807, 2.05) is 0 Å². The van der Waals surface area contributed by atoms with Crippen molar-refractivity contribution in [1.82, 2.24) is 0 Å². The lowest BCUT2D eigenvalue weighted by Gasteiger charge is -2.09. The molecular weight excluding hydrogens is 269 g/mol. The number of aliphatic hydroxyl groups excluding tert-OH is 1. The van der Waals surface area contributed by atoms with Crippen molar-refractivity contribution in [1.29, 1.82) is 0 Å². The van der Waals surface area contributed by atoms with Gasteiger partial charge in [0.05, 0.1) is 5.56 Å². The standard InChI is InChI=1S/C17H20FNO2/c18-16-12-15(9-8-14(16)6-3-11-20)19-17(21)10-7-13-4-1-2-5-13/h8-9,12-13,20H,1-2,4-5,7,10-11H2,(H,19,21). The average Bonchev–Trinajstić information content (AvgIpc) is 2.98. The average molecular weight is 289 g/mol. The third kappa shape index (κ3) is 4.87. The van der Waals surface area contributed by atoms with Crippen LogP contribution in [0, 0.1) is 23.6 Å². The Bertz CT molecular complexity index is 554. The van der Waals surface area contributed by atoms with Crippen LogP contribution < -0.4 is 5.32 Å². The van der Waals surface area contributed by atoms with E-state index in [1.165, 1.54) is 37.8 Å². The van der Waals surface area contributed by atoms with Gasteiger partial charge in [-0.05, 0) is 30.5 Å². The molecule has 21 heavy (non-hydrogen) atoms. The van der Waals surface area contributed by atoms with Gasteiger partial charge < -0.3 is 10.4 Å². The summed E-state index contributed by atoms with van der Waals surface area (Å²) in [5.74, 6) is 5.01. The summed E-state index contributed by atoms with van der Waals surface area (Å²) in [6.45, 7) is -0.306. The summed E-state index contributed by atoms with van der Waals surface area (Å²) in [6, 6.07) is 4.39. The molecule has 0 aliphatic heterocycles. The van der Waals surface area contributed by atoms with Gasteiger partial charge in [0.25, 0.3) is 0 Å². The molecule has 2 rings (SSSR count). The van der Waals surface area contributed by atoms with Gasteiger partial charge in [0.15, 0.2) is 0 Å². The number of nitrogens with one attached hydrogen (secondary N) is 1. The van der Waals surface area contributed by atoms with Crippen LogP contribution in [-0.4, -0.2) is 17.6 Å². The monoisotopic (exact) mass is 289 g/mol. The zero-order valence-corrected chi connectivity index (χ0v) is 12.0. The maximum absolute atomic E-state index is 13.7. The Kier molecular flexibility index (Phi) is 5.77. The Morgan fingerprint density at radius 3 is 2.81 bits per heavy atom. The van der Waals surface area contributed by atoms with Crippen molar-refractivity contribution in [3.63, 3.8) is 0 Å². The van der Waals surface area contributed by atoms with E-state index in [-0.39, 0.29) is 18.1 Å². The Balaban J connectivity index is 1.87. The van der Waals surface area contributed by atoms with Gasteiger partial charge in [0.2, 0.25) is 5.91 Å². The Labute approximate surface area is 124 Å². The van der Waals surface area contributed by atoms with E-state index >= 15 is 0 Å². The van der Waals surface area contributed by atoms with E-state index in [0.29, 0.717) is 18.0 Å². The van der Waals surface area contributed by atoms with Crippen molar-refractivity contribution in [3.05, 3.63) is 29.6 Å². The molecule has 4 heteroatoms. The third-order valence-electron chi connectivity index (χ3n) is 3.81. The highest BCUT2D eigenvalue weighted by molar-refractivity contribution is 5.90. The molecule has 0 unspecified atom stereocenters. The molecular formula is C17H20FNO2. The highest BCUT2D eigenvalue weighted by atomic mass is 19.1. The van der Waals surface area contributed by atoms with E-state index in [1.54, 1.807) is 6.07 Å². The maximum Gasteiger partial charge on any atom is 0.224 e. The molecule has 0 aromatic heterocycles. The lowest BCUT2D eigenvalue weighted by Crippen LogP contribution is -2.13. The fraction of sp³-hybridized carbons (Fsp3) is 0.471. The number of hydrogen-bond donors (Lipinski definition) is 2. The first-order chi connectivity index (χ1) is 10.2. The number of hydrogen-bond acceptors (Lipinski definition) is 2. The number of rotatable bonds is 4. The number of amides is 1. The minimum absolute atomic E-state index is 0.0736. The number of aliphatic hydroxyl groups is 1. The zero-order valence-electron chi connectivity index (χ0n) is 12.0. The van der Waals surface area contributed by atoms with E-state index < -0.39 is 5.82 Å². The summed E-state index contributed by atoms with van der Waals surface area (Å²) >= 11 is 0. The van der Waals surface area contributed by atoms with Gasteiger partial charge in [-0.3, -0.25) is 4.79 Å². The SMILES string of the molecule is O=C(CCC1CCCC1)Nc1ccc(C#CCO)c(F)c1. The van der Waals surface area contributed by atoms with Crippen LogP contribution in [0.25, 0.3) is 0 Å². The van der Waals surface area contributed by atoms with Crippen LogP contribution in [-0.2, 0) is 4.79 Å². The summed E-state index contributed by atoms with van der Waals surface area (Å²) in [4.78, 5) is 11.8. The van der Waals surface area contributed by atoms with Crippen molar-refractivity contribution in [2.45, 2.75) is 38.5 Å². The largest absolute Gasteiger partial charge is 0.384 e. The van der Waals surface area contributed by atoms with Crippen molar-refractivity contribution in [2.24, 2.45) is 5.92 Å². The molecule has 112 valence electrons. The van der Waals surface area contributed by atoms with Gasteiger partial charge in [0.1, 0.15) is 12.4 Å². The molecule has 1 saturated carbocycles. The predicted octanol–water partition coefficient (Wildman–Crippen LogP) is 3.08. The second-order valence-electron chi connectivity index (χ2n) is 5.39. The summed E-state index contributed by atoms with van der Waals surface area (Å²) in [7, 11) is 0. The van der Waals surface area contributed by atoms with Crippen LogP contribution in [0.3, 0.4) is 0 Å². The van der Waals surface area contributed by atoms with Crippen molar-refractivity contribution < 1.29 is 14.3 Å². The van der Waals surface area contributed by atoms with E-state index in [9.17, 15) is 9.18 Å². The quantitative estimate of drug-likeness (QED) is 0.837. The van der Waals surface area contributed by atoms with Gasteiger partial charge in [0, 0.05) is 12.1 Å². The van der Waals surface area contributed by atoms with E-state index in [2.05, 4.69) is 17.2 Å². The van der Waals surface area contributed by atoms with E-state index in [0.717, 1.165) is 6.42 Å². The number of anilines is 1. The van der Waals surface area contributed by atoms with Gasteiger partial charge in [-0.2, -0.15) is 0 Å². The van der Waals surface area contributed by atoms with Crippen LogP contribution in [0.4, 0.5) is 10.1 Å². The number of benzene rings is 1. The molecule has 1 aromatic carbocycles. The lowest BCUT2D eigenvalue weighted by atomic mass is 10.0. The molecule has 0 saturated heterocycles. The molecule has 1 aliphatic rings. The molecule has 2 N–H and O–H groups in total. The van der Waals surface area contributed by atoms with Gasteiger partial charge in [-0.25, -0.2) is 4.39 Å². The molecule has 1 aromatic rings. The first-order valence-corrected chi connectivity index (χ1v) is 7.38. The van der Waals surface area contributed by atoms with E-state index in [4.69, 9.17) is 5.11 Å². The molecule has 0 spiro atoms. The first-order valence-electron chi connectivity index (χ1n) is 7.38. The van der Waals surface area contributed by atoms with Crippen molar-refractivity contribution >= 4 is 11.6 Å². The van der Waals surface area contributed by atoms with Gasteiger partial charge >= 0.3 is 0 Å². The van der Waals surface area contributed by atoms with Crippen LogP contribution in [0.1, 0.15) is 44.1 Å². The molecule has 0 bridgehead atoms. The Hall–Kier alpha value is -1.86. The van der Waals surface area contributed by atoms with Gasteiger partial charge in [-0.1, -0.05) is 37.5 Å². The topological polar surface area (TPSA) is 49.3 Å². The molecule has 1 fully saturated rings. The summed E-state index contributed by atoms with van der Waals surface area (Å²) in [6.07, 6.45) is 6.38. The Morgan fingerprint density at radius 1 is 1.38 bits per heavy atom. The first kappa shape index (κ1) is 15.5. The van der Waals surface area contributed by atoms with Crippen LogP contribution in [0.2, 0.25) is 0 Å². The molecule has 1 amide bonds. The maximum atomic E-state index is 13.7. The van der Waals surface area contributed by atoms with Gasteiger partial charge in [-0.15, -0.1) is 0 Å². The van der Waals surface area contributed by atoms with Crippen molar-refractivity contribution in [2.75, 3.05) is 11.9 Å². The molecule has 0 heterocycles. The molecule has 3 nitrogen and oxygen atoms in total. The van der Waals surface area contributed by atoms with Crippen molar-refractivity contribution in [3.8, 4) is 11.8 Å². The number of carbonyl (C=O) groups is 1. The minimum Gasteiger partial charge on any atom is -0.384 e. The number of carbonyl (C=O) groups excluding carboxylic acids is 1. The van der Waals surface area contributed by atoms with Crippen LogP contribution in [0.5, 0.6) is 0 Å². The fourth-order valence-electron chi connectivity index (χ4n) is 2.69. The smallest absolute Gasteiger partial charge is 0.224 e.